The van der Waals surface area contributed by atoms with E-state index in [0.29, 0.717) is 6.42 Å². The summed E-state index contributed by atoms with van der Waals surface area (Å²) in [6, 6.07) is 4.32. The number of aromatic hydroxyl groups is 1. The van der Waals surface area contributed by atoms with Crippen LogP contribution in [-0.2, 0) is 16.0 Å². The number of rotatable bonds is 9. The van der Waals surface area contributed by atoms with Crippen LogP contribution in [0.25, 0.3) is 0 Å². The molecule has 9 N–H and O–H groups in total. The summed E-state index contributed by atoms with van der Waals surface area (Å²) in [5, 5.41) is 20.8. The minimum Gasteiger partial charge on any atom is -0.508 e. The highest BCUT2D eigenvalue weighted by Crippen LogP contribution is 2.11. The molecule has 0 aliphatic carbocycles. The van der Waals surface area contributed by atoms with Crippen LogP contribution in [0.2, 0.25) is 0 Å². The lowest BCUT2D eigenvalue weighted by Crippen LogP contribution is -2.49. The van der Waals surface area contributed by atoms with Gasteiger partial charge in [0.25, 0.3) is 0 Å². The Morgan fingerprint density at radius 3 is 2.32 bits per heavy atom. The zero-order valence-electron chi connectivity index (χ0n) is 13.2. The molecule has 1 aromatic carbocycles. The van der Waals surface area contributed by atoms with Crippen LogP contribution >= 0.6 is 0 Å². The molecule has 1 aromatic rings. The molecular formula is C16H27N5O4. The second-order valence-corrected chi connectivity index (χ2v) is 5.33. The van der Waals surface area contributed by atoms with E-state index < -0.39 is 24.0 Å². The van der Waals surface area contributed by atoms with Gasteiger partial charge in [0, 0.05) is 6.54 Å². The van der Waals surface area contributed by atoms with Crippen LogP contribution in [0.3, 0.4) is 0 Å². The summed E-state index contributed by atoms with van der Waals surface area (Å²) in [5.41, 5.74) is 16.9. The molecule has 140 valence electrons. The van der Waals surface area contributed by atoms with Gasteiger partial charge in [0.1, 0.15) is 11.8 Å². The highest BCUT2D eigenvalue weighted by molar-refractivity contribution is 5.87. The van der Waals surface area contributed by atoms with Gasteiger partial charge in [-0.3, -0.25) is 9.79 Å². The summed E-state index contributed by atoms with van der Waals surface area (Å²) in [7, 11) is 0. The first kappa shape index (κ1) is 22.2. The van der Waals surface area contributed by atoms with E-state index in [2.05, 4.69) is 10.3 Å². The summed E-state index contributed by atoms with van der Waals surface area (Å²) >= 11 is 0. The van der Waals surface area contributed by atoms with Crippen LogP contribution in [0.1, 0.15) is 25.8 Å². The summed E-state index contributed by atoms with van der Waals surface area (Å²) < 4.78 is 0. The van der Waals surface area contributed by atoms with Gasteiger partial charge in [0.15, 0.2) is 5.96 Å². The minimum atomic E-state index is -1.15. The monoisotopic (exact) mass is 353 g/mol. The standard InChI is InChI=1S/C15H23N5O4.CH4/c16-11(8-9-3-5-10(21)6-4-9)13(22)20-12(14(23)24)2-1-7-19-15(17)18;/h3-6,11-12,21H,1-2,7-8,16H2,(H,20,22)(H,23,24)(H4,17,18,19);1H4/t11-,12-;/m0./s1. The maximum absolute atomic E-state index is 12.1. The number of nitrogens with two attached hydrogens (primary N) is 3. The molecule has 0 bridgehead atoms. The lowest BCUT2D eigenvalue weighted by Gasteiger charge is -2.17. The number of carboxylic acids is 1. The van der Waals surface area contributed by atoms with Crippen LogP contribution in [0.15, 0.2) is 29.3 Å². The average molecular weight is 353 g/mol. The summed E-state index contributed by atoms with van der Waals surface area (Å²) in [5.74, 6) is -1.66. The quantitative estimate of drug-likeness (QED) is 0.197. The van der Waals surface area contributed by atoms with Gasteiger partial charge in [-0.2, -0.15) is 0 Å². The lowest BCUT2D eigenvalue weighted by atomic mass is 10.0. The molecule has 2 atom stereocenters. The Labute approximate surface area is 146 Å². The minimum absolute atomic E-state index is 0. The van der Waals surface area contributed by atoms with Gasteiger partial charge in [-0.05, 0) is 37.0 Å². The van der Waals surface area contributed by atoms with E-state index in [4.69, 9.17) is 22.3 Å². The van der Waals surface area contributed by atoms with E-state index in [1.165, 1.54) is 12.1 Å². The van der Waals surface area contributed by atoms with Crippen LogP contribution in [0.5, 0.6) is 5.75 Å². The van der Waals surface area contributed by atoms with E-state index in [-0.39, 0.29) is 38.5 Å². The number of carbonyl (C=O) groups excluding carboxylic acids is 1. The van der Waals surface area contributed by atoms with Crippen LogP contribution in [0, 0.1) is 0 Å². The molecule has 0 spiro atoms. The predicted octanol–water partition coefficient (Wildman–Crippen LogP) is -0.479. The summed E-state index contributed by atoms with van der Waals surface area (Å²) in [6.45, 7) is 0.279. The molecule has 9 heteroatoms. The lowest BCUT2D eigenvalue weighted by molar-refractivity contribution is -0.142. The summed E-state index contributed by atoms with van der Waals surface area (Å²) in [6.07, 6.45) is 0.818. The van der Waals surface area contributed by atoms with Gasteiger partial charge in [-0.15, -0.1) is 0 Å². The zero-order chi connectivity index (χ0) is 18.1. The molecular weight excluding hydrogens is 326 g/mol. The number of nitrogens with one attached hydrogen (secondary N) is 1. The number of phenolic OH excluding ortho intramolecular Hbond substituents is 1. The second kappa shape index (κ2) is 10.9. The number of hydrogen-bond donors (Lipinski definition) is 6. The molecule has 0 unspecified atom stereocenters. The highest BCUT2D eigenvalue weighted by Gasteiger charge is 2.23. The second-order valence-electron chi connectivity index (χ2n) is 5.33. The van der Waals surface area contributed by atoms with Gasteiger partial charge < -0.3 is 32.7 Å². The van der Waals surface area contributed by atoms with E-state index in [1.54, 1.807) is 12.1 Å². The molecule has 9 nitrogen and oxygen atoms in total. The van der Waals surface area contributed by atoms with E-state index in [1.807, 2.05) is 0 Å². The molecule has 0 aromatic heterocycles. The molecule has 0 aliphatic rings. The number of aliphatic carboxylic acids is 1. The third-order valence-corrected chi connectivity index (χ3v) is 3.29. The Balaban J connectivity index is 0.00000576. The van der Waals surface area contributed by atoms with E-state index in [9.17, 15) is 14.7 Å². The average Bonchev–Trinajstić information content (AvgIpc) is 2.51. The van der Waals surface area contributed by atoms with Crippen molar-refractivity contribution in [3.05, 3.63) is 29.8 Å². The number of guanidine groups is 1. The van der Waals surface area contributed by atoms with Crippen LogP contribution in [0.4, 0.5) is 0 Å². The first-order valence-electron chi connectivity index (χ1n) is 7.41. The molecule has 0 saturated heterocycles. The van der Waals surface area contributed by atoms with Gasteiger partial charge in [-0.1, -0.05) is 19.6 Å². The summed E-state index contributed by atoms with van der Waals surface area (Å²) in [4.78, 5) is 27.0. The molecule has 0 radical (unpaired) electrons. The predicted molar refractivity (Wildman–Crippen MR) is 96.0 cm³/mol. The van der Waals surface area contributed by atoms with Crippen molar-refractivity contribution in [2.75, 3.05) is 6.54 Å². The van der Waals surface area contributed by atoms with Crippen molar-refractivity contribution < 1.29 is 19.8 Å². The van der Waals surface area contributed by atoms with Gasteiger partial charge in [0.2, 0.25) is 5.91 Å². The van der Waals surface area contributed by atoms with Crippen molar-refractivity contribution in [2.45, 2.75) is 38.8 Å². The molecule has 1 amide bonds. The topological polar surface area (TPSA) is 177 Å². The van der Waals surface area contributed by atoms with Gasteiger partial charge in [0.05, 0.1) is 6.04 Å². The first-order valence-corrected chi connectivity index (χ1v) is 7.41. The molecule has 0 heterocycles. The Hall–Kier alpha value is -2.81. The SMILES string of the molecule is C.NC(N)=NCCC[C@H](NC(=O)[C@@H](N)Cc1ccc(O)cc1)C(=O)O. The Morgan fingerprint density at radius 2 is 1.80 bits per heavy atom. The number of phenols is 1. The van der Waals surface area contributed by atoms with E-state index >= 15 is 0 Å². The maximum atomic E-state index is 12.1. The fourth-order valence-corrected chi connectivity index (χ4v) is 2.02. The first-order chi connectivity index (χ1) is 11.3. The number of amides is 1. The Bertz CT molecular complexity index is 585. The third kappa shape index (κ3) is 8.56. The number of aliphatic imine (C=N–C) groups is 1. The van der Waals surface area contributed by atoms with Gasteiger partial charge in [-0.25, -0.2) is 4.79 Å². The Kier molecular flexibility index (Phi) is 9.65. The largest absolute Gasteiger partial charge is 0.508 e. The fraction of sp³-hybridized carbons (Fsp3) is 0.438. The smallest absolute Gasteiger partial charge is 0.326 e. The van der Waals surface area contributed by atoms with Crippen molar-refractivity contribution in [3.63, 3.8) is 0 Å². The molecule has 0 aliphatic heterocycles. The van der Waals surface area contributed by atoms with Crippen molar-refractivity contribution in [1.29, 1.82) is 0 Å². The van der Waals surface area contributed by atoms with Gasteiger partial charge >= 0.3 is 5.97 Å². The maximum Gasteiger partial charge on any atom is 0.326 e. The highest BCUT2D eigenvalue weighted by atomic mass is 16.4. The van der Waals surface area contributed by atoms with Crippen LogP contribution < -0.4 is 22.5 Å². The molecule has 0 fully saturated rings. The van der Waals surface area contributed by atoms with Crippen molar-refractivity contribution in [3.8, 4) is 5.75 Å². The molecule has 25 heavy (non-hydrogen) atoms. The Morgan fingerprint density at radius 1 is 1.20 bits per heavy atom. The number of hydrogen-bond acceptors (Lipinski definition) is 5. The van der Waals surface area contributed by atoms with Crippen molar-refractivity contribution in [1.82, 2.24) is 5.32 Å². The third-order valence-electron chi connectivity index (χ3n) is 3.29. The zero-order valence-corrected chi connectivity index (χ0v) is 13.2. The number of nitrogens with zero attached hydrogens (tertiary/aromatic N) is 1. The molecule has 0 saturated carbocycles. The molecule has 1 rings (SSSR count). The van der Waals surface area contributed by atoms with E-state index in [0.717, 1.165) is 5.56 Å². The fourth-order valence-electron chi connectivity index (χ4n) is 2.02. The van der Waals surface area contributed by atoms with Crippen molar-refractivity contribution >= 4 is 17.8 Å². The number of carbonyl (C=O) groups is 2. The van der Waals surface area contributed by atoms with Crippen LogP contribution in [-0.4, -0.2) is 46.7 Å². The number of carboxylic acid groups (broad SMARTS) is 1. The normalized spacial score (nSPS) is 12.4. The van der Waals surface area contributed by atoms with Crippen molar-refractivity contribution in [2.24, 2.45) is 22.2 Å². The number of benzene rings is 1.